The van der Waals surface area contributed by atoms with E-state index in [0.29, 0.717) is 11.6 Å². The highest BCUT2D eigenvalue weighted by Gasteiger charge is 2.28. The summed E-state index contributed by atoms with van der Waals surface area (Å²) in [5.41, 5.74) is 2.14. The lowest BCUT2D eigenvalue weighted by Crippen LogP contribution is -2.50. The minimum atomic E-state index is -0.538. The van der Waals surface area contributed by atoms with Gasteiger partial charge in [0.05, 0.1) is 5.75 Å². The van der Waals surface area contributed by atoms with Crippen LogP contribution in [-0.2, 0) is 16.1 Å². The van der Waals surface area contributed by atoms with Gasteiger partial charge in [-0.25, -0.2) is 0 Å². The Labute approximate surface area is 194 Å². The van der Waals surface area contributed by atoms with E-state index in [1.807, 2.05) is 62.4 Å². The van der Waals surface area contributed by atoms with E-state index in [1.165, 1.54) is 23.7 Å². The van der Waals surface area contributed by atoms with E-state index in [0.717, 1.165) is 36.1 Å². The molecule has 2 aromatic carbocycles. The zero-order valence-electron chi connectivity index (χ0n) is 18.3. The van der Waals surface area contributed by atoms with Crippen molar-refractivity contribution in [1.82, 2.24) is 10.2 Å². The van der Waals surface area contributed by atoms with E-state index in [2.05, 4.69) is 5.32 Å². The second kappa shape index (κ2) is 11.6. The molecule has 0 spiro atoms. The van der Waals surface area contributed by atoms with Crippen LogP contribution in [-0.4, -0.2) is 34.6 Å². The van der Waals surface area contributed by atoms with Gasteiger partial charge in [0.15, 0.2) is 0 Å². The molecule has 4 nitrogen and oxygen atoms in total. The number of aryl methyl sites for hydroxylation is 1. The van der Waals surface area contributed by atoms with Crippen molar-refractivity contribution in [2.75, 3.05) is 5.75 Å². The topological polar surface area (TPSA) is 49.4 Å². The number of rotatable bonds is 8. The number of halogens is 1. The first-order chi connectivity index (χ1) is 14.9. The Kier molecular flexibility index (Phi) is 8.85. The monoisotopic (exact) mass is 458 g/mol. The van der Waals surface area contributed by atoms with Crippen LogP contribution < -0.4 is 5.32 Å². The van der Waals surface area contributed by atoms with E-state index in [1.54, 1.807) is 4.90 Å². The Bertz CT molecular complexity index is 864. The third kappa shape index (κ3) is 7.29. The molecule has 2 aromatic rings. The van der Waals surface area contributed by atoms with Gasteiger partial charge < -0.3 is 10.2 Å². The van der Waals surface area contributed by atoms with Crippen LogP contribution in [0.5, 0.6) is 0 Å². The highest BCUT2D eigenvalue weighted by atomic mass is 35.5. The van der Waals surface area contributed by atoms with E-state index in [-0.39, 0.29) is 23.6 Å². The van der Waals surface area contributed by atoms with Crippen molar-refractivity contribution >= 4 is 35.2 Å². The fourth-order valence-electron chi connectivity index (χ4n) is 3.80. The zero-order chi connectivity index (χ0) is 22.2. The molecule has 166 valence electrons. The highest BCUT2D eigenvalue weighted by Crippen LogP contribution is 2.22. The normalized spacial score (nSPS) is 15.3. The van der Waals surface area contributed by atoms with Crippen molar-refractivity contribution in [1.29, 1.82) is 0 Å². The number of carbonyl (C=O) groups is 2. The first-order valence-electron chi connectivity index (χ1n) is 11.0. The largest absolute Gasteiger partial charge is 0.352 e. The van der Waals surface area contributed by atoms with Crippen molar-refractivity contribution in [3.63, 3.8) is 0 Å². The molecule has 1 aliphatic rings. The lowest BCUT2D eigenvalue weighted by molar-refractivity contribution is -0.139. The molecule has 31 heavy (non-hydrogen) atoms. The Morgan fingerprint density at radius 2 is 1.71 bits per heavy atom. The molecular weight excluding hydrogens is 428 g/mol. The van der Waals surface area contributed by atoms with Crippen LogP contribution in [0.2, 0.25) is 5.02 Å². The van der Waals surface area contributed by atoms with Gasteiger partial charge in [0.25, 0.3) is 0 Å². The molecule has 1 fully saturated rings. The van der Waals surface area contributed by atoms with Gasteiger partial charge in [-0.1, -0.05) is 60.7 Å². The minimum absolute atomic E-state index is 0.0492. The van der Waals surface area contributed by atoms with E-state index in [4.69, 9.17) is 11.6 Å². The molecule has 0 aromatic heterocycles. The summed E-state index contributed by atoms with van der Waals surface area (Å²) < 4.78 is 0. The minimum Gasteiger partial charge on any atom is -0.352 e. The van der Waals surface area contributed by atoms with Gasteiger partial charge in [-0.2, -0.15) is 0 Å². The molecule has 3 rings (SSSR count). The predicted octanol–water partition coefficient (Wildman–Crippen LogP) is 5.61. The number of amides is 2. The Balaban J connectivity index is 1.69. The van der Waals surface area contributed by atoms with Gasteiger partial charge in [-0.05, 0) is 56.5 Å². The Morgan fingerprint density at radius 3 is 2.35 bits per heavy atom. The van der Waals surface area contributed by atoms with Crippen LogP contribution >= 0.6 is 23.4 Å². The van der Waals surface area contributed by atoms with Crippen LogP contribution in [0.3, 0.4) is 0 Å². The molecule has 0 bridgehead atoms. The molecule has 1 N–H and O–H groups in total. The molecule has 0 aliphatic heterocycles. The van der Waals surface area contributed by atoms with Gasteiger partial charge in [0.2, 0.25) is 11.8 Å². The molecule has 0 radical (unpaired) electrons. The second-order valence-corrected chi connectivity index (χ2v) is 9.75. The Morgan fingerprint density at radius 1 is 1.06 bits per heavy atom. The summed E-state index contributed by atoms with van der Waals surface area (Å²) >= 11 is 7.51. The fourth-order valence-corrected chi connectivity index (χ4v) is 4.71. The number of benzene rings is 2. The maximum absolute atomic E-state index is 13.2. The van der Waals surface area contributed by atoms with Gasteiger partial charge in [0.1, 0.15) is 6.04 Å². The van der Waals surface area contributed by atoms with Crippen LogP contribution in [0.4, 0.5) is 0 Å². The maximum atomic E-state index is 13.2. The van der Waals surface area contributed by atoms with Crippen molar-refractivity contribution in [2.45, 2.75) is 69.5 Å². The fraction of sp³-hybridized carbons (Fsp3) is 0.440. The van der Waals surface area contributed by atoms with Crippen molar-refractivity contribution in [3.05, 3.63) is 64.7 Å². The summed E-state index contributed by atoms with van der Waals surface area (Å²) in [7, 11) is 0. The summed E-state index contributed by atoms with van der Waals surface area (Å²) in [6.45, 7) is 4.24. The second-order valence-electron chi connectivity index (χ2n) is 8.27. The quantitative estimate of drug-likeness (QED) is 0.523. The lowest BCUT2D eigenvalue weighted by atomic mass is 9.95. The number of hydrogen-bond acceptors (Lipinski definition) is 3. The third-order valence-electron chi connectivity index (χ3n) is 5.77. The number of thioether (sulfide) groups is 1. The summed E-state index contributed by atoms with van der Waals surface area (Å²) in [6.07, 6.45) is 5.58. The van der Waals surface area contributed by atoms with E-state index >= 15 is 0 Å². The average Bonchev–Trinajstić information content (AvgIpc) is 2.78. The first-order valence-corrected chi connectivity index (χ1v) is 12.3. The highest BCUT2D eigenvalue weighted by molar-refractivity contribution is 8.00. The third-order valence-corrected chi connectivity index (χ3v) is 7.02. The van der Waals surface area contributed by atoms with Crippen LogP contribution in [0.15, 0.2) is 53.4 Å². The average molecular weight is 459 g/mol. The maximum Gasteiger partial charge on any atom is 0.242 e. The molecule has 1 saturated carbocycles. The standard InChI is InChI=1S/C25H31ClN2O2S/c1-18-8-14-23(15-9-18)31-17-24(29)28(16-20-10-12-21(26)13-11-20)19(2)25(30)27-22-6-4-3-5-7-22/h8-15,19,22H,3-7,16-17H2,1-2H3,(H,27,30)/t19-/m0/s1. The van der Waals surface area contributed by atoms with Gasteiger partial charge in [0, 0.05) is 22.5 Å². The first kappa shape index (κ1) is 23.7. The number of hydrogen-bond donors (Lipinski definition) is 1. The summed E-state index contributed by atoms with van der Waals surface area (Å²) in [6, 6.07) is 15.2. The van der Waals surface area contributed by atoms with Crippen molar-refractivity contribution in [3.8, 4) is 0 Å². The molecular formula is C25H31ClN2O2S. The Hall–Kier alpha value is -1.98. The molecule has 1 atom stereocenters. The molecule has 6 heteroatoms. The summed E-state index contributed by atoms with van der Waals surface area (Å²) in [4.78, 5) is 28.9. The van der Waals surface area contributed by atoms with Gasteiger partial charge in [-0.15, -0.1) is 11.8 Å². The molecule has 0 saturated heterocycles. The molecule has 0 heterocycles. The predicted molar refractivity (Wildman–Crippen MR) is 128 cm³/mol. The lowest BCUT2D eigenvalue weighted by Gasteiger charge is -2.31. The zero-order valence-corrected chi connectivity index (χ0v) is 19.8. The van der Waals surface area contributed by atoms with Gasteiger partial charge >= 0.3 is 0 Å². The summed E-state index contributed by atoms with van der Waals surface area (Å²) in [5.74, 6) is 0.166. The van der Waals surface area contributed by atoms with Crippen LogP contribution in [0, 0.1) is 6.92 Å². The van der Waals surface area contributed by atoms with Crippen LogP contribution in [0.1, 0.15) is 50.2 Å². The number of nitrogens with zero attached hydrogens (tertiary/aromatic N) is 1. The van der Waals surface area contributed by atoms with Crippen LogP contribution in [0.25, 0.3) is 0 Å². The number of nitrogens with one attached hydrogen (secondary N) is 1. The molecule has 2 amide bonds. The van der Waals surface area contributed by atoms with E-state index in [9.17, 15) is 9.59 Å². The smallest absolute Gasteiger partial charge is 0.242 e. The summed E-state index contributed by atoms with van der Waals surface area (Å²) in [5, 5.41) is 3.82. The molecule has 1 aliphatic carbocycles. The van der Waals surface area contributed by atoms with Gasteiger partial charge in [-0.3, -0.25) is 9.59 Å². The van der Waals surface area contributed by atoms with Crippen molar-refractivity contribution < 1.29 is 9.59 Å². The molecule has 0 unspecified atom stereocenters. The van der Waals surface area contributed by atoms with E-state index < -0.39 is 6.04 Å². The SMILES string of the molecule is Cc1ccc(SCC(=O)N(Cc2ccc(Cl)cc2)[C@@H](C)C(=O)NC2CCCCC2)cc1. The number of carbonyl (C=O) groups excluding carboxylic acids is 2. The van der Waals surface area contributed by atoms with Crippen molar-refractivity contribution in [2.24, 2.45) is 0 Å².